The van der Waals surface area contributed by atoms with Gasteiger partial charge in [0.05, 0.1) is 19.3 Å². The maximum Gasteiger partial charge on any atom is 0.228 e. The number of rotatable bonds is 5. The highest BCUT2D eigenvalue weighted by atomic mass is 16.5. The molecule has 7 heteroatoms. The van der Waals surface area contributed by atoms with Gasteiger partial charge in [0, 0.05) is 37.5 Å². The fourth-order valence-electron chi connectivity index (χ4n) is 2.96. The molecule has 3 rings (SSSR count). The maximum atomic E-state index is 12.4. The average molecular weight is 341 g/mol. The second kappa shape index (κ2) is 7.92. The Kier molecular flexibility index (Phi) is 5.42. The van der Waals surface area contributed by atoms with E-state index in [0.29, 0.717) is 18.4 Å². The van der Waals surface area contributed by atoms with Crippen molar-refractivity contribution in [2.45, 2.75) is 26.3 Å². The molecule has 0 aromatic carbocycles. The lowest BCUT2D eigenvalue weighted by Gasteiger charge is -2.31. The van der Waals surface area contributed by atoms with Crippen molar-refractivity contribution in [2.24, 2.45) is 5.92 Å². The highest BCUT2D eigenvalue weighted by Crippen LogP contribution is 2.22. The van der Waals surface area contributed by atoms with Crippen LogP contribution in [0, 0.1) is 12.8 Å². The van der Waals surface area contributed by atoms with E-state index < -0.39 is 0 Å². The number of nitrogens with zero attached hydrogens (tertiary/aromatic N) is 4. The molecule has 1 aliphatic rings. The SMILES string of the molecule is COc1ccnc(N2CCC(C(=O)NCc3ncccc3C)CC2)n1. The lowest BCUT2D eigenvalue weighted by Crippen LogP contribution is -2.41. The summed E-state index contributed by atoms with van der Waals surface area (Å²) in [6.45, 7) is 3.99. The minimum absolute atomic E-state index is 0.0193. The fraction of sp³-hybridized carbons (Fsp3) is 0.444. The molecule has 0 spiro atoms. The Bertz CT molecular complexity index is 729. The molecular formula is C18H23N5O2. The van der Waals surface area contributed by atoms with E-state index in [-0.39, 0.29) is 11.8 Å². The van der Waals surface area contributed by atoms with Gasteiger partial charge in [0.1, 0.15) is 0 Å². The summed E-state index contributed by atoms with van der Waals surface area (Å²) in [6.07, 6.45) is 5.01. The number of carbonyl (C=O) groups is 1. The molecule has 1 fully saturated rings. The van der Waals surface area contributed by atoms with E-state index in [2.05, 4.69) is 25.2 Å². The van der Waals surface area contributed by atoms with E-state index in [1.54, 1.807) is 25.6 Å². The standard InChI is InChI=1S/C18H23N5O2/c1-13-4-3-8-19-15(13)12-21-17(24)14-6-10-23(11-7-14)18-20-9-5-16(22-18)25-2/h3-5,8-9,14H,6-7,10-12H2,1-2H3,(H,21,24). The van der Waals surface area contributed by atoms with Crippen LogP contribution in [0.3, 0.4) is 0 Å². The Morgan fingerprint density at radius 2 is 2.08 bits per heavy atom. The first kappa shape index (κ1) is 17.1. The van der Waals surface area contributed by atoms with Gasteiger partial charge in [-0.1, -0.05) is 6.07 Å². The molecule has 0 unspecified atom stereocenters. The zero-order valence-corrected chi connectivity index (χ0v) is 14.6. The summed E-state index contributed by atoms with van der Waals surface area (Å²) in [6, 6.07) is 5.63. The quantitative estimate of drug-likeness (QED) is 0.892. The molecule has 0 atom stereocenters. The second-order valence-electron chi connectivity index (χ2n) is 6.15. The molecule has 0 bridgehead atoms. The summed E-state index contributed by atoms with van der Waals surface area (Å²) in [5.41, 5.74) is 2.01. The Morgan fingerprint density at radius 1 is 1.28 bits per heavy atom. The number of anilines is 1. The molecule has 2 aromatic rings. The molecule has 25 heavy (non-hydrogen) atoms. The average Bonchev–Trinajstić information content (AvgIpc) is 2.67. The van der Waals surface area contributed by atoms with Crippen molar-refractivity contribution in [3.63, 3.8) is 0 Å². The number of aromatic nitrogens is 3. The predicted molar refractivity (Wildman–Crippen MR) is 94.3 cm³/mol. The van der Waals surface area contributed by atoms with Gasteiger partial charge in [-0.05, 0) is 31.4 Å². The van der Waals surface area contributed by atoms with Crippen LogP contribution in [0.4, 0.5) is 5.95 Å². The lowest BCUT2D eigenvalue weighted by molar-refractivity contribution is -0.125. The van der Waals surface area contributed by atoms with Crippen LogP contribution in [0.1, 0.15) is 24.1 Å². The summed E-state index contributed by atoms with van der Waals surface area (Å²) >= 11 is 0. The van der Waals surface area contributed by atoms with Crippen LogP contribution in [-0.2, 0) is 11.3 Å². The van der Waals surface area contributed by atoms with Crippen molar-refractivity contribution in [3.8, 4) is 5.88 Å². The molecule has 1 aliphatic heterocycles. The van der Waals surface area contributed by atoms with E-state index >= 15 is 0 Å². The first-order valence-electron chi connectivity index (χ1n) is 8.47. The Balaban J connectivity index is 1.51. The van der Waals surface area contributed by atoms with Crippen LogP contribution in [0.15, 0.2) is 30.6 Å². The van der Waals surface area contributed by atoms with Crippen molar-refractivity contribution in [2.75, 3.05) is 25.1 Å². The third-order valence-electron chi connectivity index (χ3n) is 4.52. The third-order valence-corrected chi connectivity index (χ3v) is 4.52. The summed E-state index contributed by atoms with van der Waals surface area (Å²) in [7, 11) is 1.59. The molecular weight excluding hydrogens is 318 g/mol. The van der Waals surface area contributed by atoms with Gasteiger partial charge in [-0.2, -0.15) is 4.98 Å². The van der Waals surface area contributed by atoms with Gasteiger partial charge < -0.3 is 15.0 Å². The molecule has 0 aliphatic carbocycles. The summed E-state index contributed by atoms with van der Waals surface area (Å²) in [5, 5.41) is 3.01. The monoisotopic (exact) mass is 341 g/mol. The molecule has 1 amide bonds. The topological polar surface area (TPSA) is 80.2 Å². The minimum Gasteiger partial charge on any atom is -0.481 e. The molecule has 1 N–H and O–H groups in total. The third kappa shape index (κ3) is 4.23. The van der Waals surface area contributed by atoms with Gasteiger partial charge in [0.25, 0.3) is 0 Å². The summed E-state index contributed by atoms with van der Waals surface area (Å²) in [4.78, 5) is 27.5. The van der Waals surface area contributed by atoms with Crippen LogP contribution in [0.2, 0.25) is 0 Å². The number of pyridine rings is 1. The van der Waals surface area contributed by atoms with E-state index in [0.717, 1.165) is 37.2 Å². The van der Waals surface area contributed by atoms with Crippen LogP contribution >= 0.6 is 0 Å². The lowest BCUT2D eigenvalue weighted by atomic mass is 9.96. The number of aryl methyl sites for hydroxylation is 1. The Hall–Kier alpha value is -2.70. The van der Waals surface area contributed by atoms with Crippen molar-refractivity contribution in [1.82, 2.24) is 20.3 Å². The van der Waals surface area contributed by atoms with E-state index in [1.807, 2.05) is 19.1 Å². The van der Waals surface area contributed by atoms with Crippen LogP contribution in [0.25, 0.3) is 0 Å². The predicted octanol–water partition coefficient (Wildman–Crippen LogP) is 1.72. The number of methoxy groups -OCH3 is 1. The highest BCUT2D eigenvalue weighted by molar-refractivity contribution is 5.78. The van der Waals surface area contributed by atoms with Crippen molar-refractivity contribution in [1.29, 1.82) is 0 Å². The first-order chi connectivity index (χ1) is 12.2. The molecule has 0 radical (unpaired) electrons. The zero-order valence-electron chi connectivity index (χ0n) is 14.6. The van der Waals surface area contributed by atoms with Crippen LogP contribution in [-0.4, -0.2) is 41.1 Å². The molecule has 132 valence electrons. The highest BCUT2D eigenvalue weighted by Gasteiger charge is 2.26. The van der Waals surface area contributed by atoms with Crippen molar-refractivity contribution >= 4 is 11.9 Å². The van der Waals surface area contributed by atoms with Gasteiger partial charge in [0.15, 0.2) is 0 Å². The van der Waals surface area contributed by atoms with Crippen molar-refractivity contribution in [3.05, 3.63) is 41.9 Å². The van der Waals surface area contributed by atoms with E-state index in [9.17, 15) is 4.79 Å². The number of piperidine rings is 1. The first-order valence-corrected chi connectivity index (χ1v) is 8.47. The van der Waals surface area contributed by atoms with Gasteiger partial charge in [0.2, 0.25) is 17.7 Å². The van der Waals surface area contributed by atoms with Gasteiger partial charge in [-0.15, -0.1) is 0 Å². The number of ether oxygens (including phenoxy) is 1. The number of hydrogen-bond acceptors (Lipinski definition) is 6. The largest absolute Gasteiger partial charge is 0.481 e. The maximum absolute atomic E-state index is 12.4. The van der Waals surface area contributed by atoms with Crippen LogP contribution < -0.4 is 15.0 Å². The number of hydrogen-bond donors (Lipinski definition) is 1. The number of carbonyl (C=O) groups excluding carboxylic acids is 1. The van der Waals surface area contributed by atoms with E-state index in [4.69, 9.17) is 4.74 Å². The smallest absolute Gasteiger partial charge is 0.228 e. The molecule has 2 aromatic heterocycles. The summed E-state index contributed by atoms with van der Waals surface area (Å²) in [5.74, 6) is 1.32. The fourth-order valence-corrected chi connectivity index (χ4v) is 2.96. The van der Waals surface area contributed by atoms with Crippen molar-refractivity contribution < 1.29 is 9.53 Å². The molecule has 1 saturated heterocycles. The molecule has 0 saturated carbocycles. The Labute approximate surface area is 147 Å². The summed E-state index contributed by atoms with van der Waals surface area (Å²) < 4.78 is 5.14. The molecule has 7 nitrogen and oxygen atoms in total. The zero-order chi connectivity index (χ0) is 17.6. The van der Waals surface area contributed by atoms with Gasteiger partial charge in [-0.25, -0.2) is 4.98 Å². The van der Waals surface area contributed by atoms with Gasteiger partial charge >= 0.3 is 0 Å². The van der Waals surface area contributed by atoms with Crippen LogP contribution in [0.5, 0.6) is 5.88 Å². The molecule has 3 heterocycles. The second-order valence-corrected chi connectivity index (χ2v) is 6.15. The normalized spacial score (nSPS) is 15.0. The minimum atomic E-state index is 0.0193. The number of amides is 1. The van der Waals surface area contributed by atoms with E-state index in [1.165, 1.54) is 0 Å². The number of nitrogens with one attached hydrogen (secondary N) is 1. The van der Waals surface area contributed by atoms with Gasteiger partial charge in [-0.3, -0.25) is 9.78 Å². The Morgan fingerprint density at radius 3 is 2.80 bits per heavy atom.